The average Bonchev–Trinajstić information content (AvgIpc) is 2.51. The van der Waals surface area contributed by atoms with Crippen molar-refractivity contribution in [1.82, 2.24) is 5.32 Å². The number of rotatable bonds is 6. The minimum Gasteiger partial charge on any atom is -0.481 e. The van der Waals surface area contributed by atoms with Crippen molar-refractivity contribution in [3.63, 3.8) is 0 Å². The smallest absolute Gasteiger partial charge is 0.410 e. The molecule has 1 rings (SSSR count). The van der Waals surface area contributed by atoms with Gasteiger partial charge in [-0.2, -0.15) is 0 Å². The van der Waals surface area contributed by atoms with Crippen LogP contribution in [0.1, 0.15) is 59.8 Å². The molecule has 0 aliphatic heterocycles. The topological polar surface area (TPSA) is 102 Å². The number of alkyl carbamates (subject to hydrolysis) is 1. The molecule has 0 radical (unpaired) electrons. The van der Waals surface area contributed by atoms with Gasteiger partial charge in [-0.3, -0.25) is 9.59 Å². The SMILES string of the molecule is CCC(OC(=O)NCC1CCC(C(=O)O)CC1)OC(=O)C(C)(C)C. The normalized spacial score (nSPS) is 22.3. The number of carboxylic acid groups (broad SMARTS) is 1. The van der Waals surface area contributed by atoms with E-state index in [9.17, 15) is 14.4 Å². The lowest BCUT2D eigenvalue weighted by molar-refractivity contribution is -0.177. The van der Waals surface area contributed by atoms with Crippen LogP contribution in [0.3, 0.4) is 0 Å². The molecule has 1 aliphatic carbocycles. The molecule has 1 atom stereocenters. The van der Waals surface area contributed by atoms with Gasteiger partial charge in [-0.05, 0) is 52.4 Å². The van der Waals surface area contributed by atoms with Crippen molar-refractivity contribution in [3.05, 3.63) is 0 Å². The summed E-state index contributed by atoms with van der Waals surface area (Å²) in [6.45, 7) is 7.40. The van der Waals surface area contributed by atoms with E-state index in [4.69, 9.17) is 14.6 Å². The first-order valence-electron chi connectivity index (χ1n) is 8.51. The molecule has 0 saturated heterocycles. The number of amides is 1. The van der Waals surface area contributed by atoms with E-state index in [0.29, 0.717) is 25.8 Å². The van der Waals surface area contributed by atoms with Gasteiger partial charge in [0.1, 0.15) is 0 Å². The molecule has 1 saturated carbocycles. The molecule has 2 N–H and O–H groups in total. The summed E-state index contributed by atoms with van der Waals surface area (Å²) >= 11 is 0. The lowest BCUT2D eigenvalue weighted by Gasteiger charge is -2.26. The zero-order chi connectivity index (χ0) is 18.3. The van der Waals surface area contributed by atoms with Crippen molar-refractivity contribution in [2.75, 3.05) is 6.54 Å². The number of nitrogens with one attached hydrogen (secondary N) is 1. The van der Waals surface area contributed by atoms with Crippen LogP contribution in [0.15, 0.2) is 0 Å². The quantitative estimate of drug-likeness (QED) is 0.568. The van der Waals surface area contributed by atoms with E-state index in [1.54, 1.807) is 27.7 Å². The third kappa shape index (κ3) is 6.76. The van der Waals surface area contributed by atoms with Crippen molar-refractivity contribution in [2.45, 2.75) is 66.1 Å². The molecule has 138 valence electrons. The van der Waals surface area contributed by atoms with Crippen LogP contribution in [0.5, 0.6) is 0 Å². The number of hydrogen-bond donors (Lipinski definition) is 2. The Morgan fingerprint density at radius 3 is 2.17 bits per heavy atom. The Kier molecular flexibility index (Phi) is 7.51. The van der Waals surface area contributed by atoms with Crippen LogP contribution >= 0.6 is 0 Å². The standard InChI is InChI=1S/C17H29NO6/c1-5-13(23-15(21)17(2,3)4)24-16(22)18-10-11-6-8-12(9-7-11)14(19)20/h11-13H,5-10H2,1-4H3,(H,18,22)(H,19,20). The number of esters is 1. The molecule has 0 aromatic rings. The molecule has 7 nitrogen and oxygen atoms in total. The summed E-state index contributed by atoms with van der Waals surface area (Å²) in [6, 6.07) is 0. The predicted octanol–water partition coefficient (Wildman–Crippen LogP) is 2.93. The van der Waals surface area contributed by atoms with E-state index in [-0.39, 0.29) is 11.8 Å². The zero-order valence-electron chi connectivity index (χ0n) is 15.0. The average molecular weight is 343 g/mol. The molecule has 1 aliphatic rings. The molecule has 7 heteroatoms. The van der Waals surface area contributed by atoms with Crippen LogP contribution in [0.4, 0.5) is 4.79 Å². The van der Waals surface area contributed by atoms with Gasteiger partial charge in [-0.15, -0.1) is 0 Å². The molecular weight excluding hydrogens is 314 g/mol. The van der Waals surface area contributed by atoms with E-state index in [0.717, 1.165) is 12.8 Å². The summed E-state index contributed by atoms with van der Waals surface area (Å²) in [6.07, 6.45) is 1.66. The first kappa shape index (κ1) is 20.3. The summed E-state index contributed by atoms with van der Waals surface area (Å²) in [7, 11) is 0. The highest BCUT2D eigenvalue weighted by atomic mass is 16.7. The van der Waals surface area contributed by atoms with Crippen molar-refractivity contribution in [3.8, 4) is 0 Å². The maximum Gasteiger partial charge on any atom is 0.410 e. The van der Waals surface area contributed by atoms with E-state index >= 15 is 0 Å². The lowest BCUT2D eigenvalue weighted by atomic mass is 9.82. The number of carboxylic acids is 1. The number of carbonyl (C=O) groups is 3. The highest BCUT2D eigenvalue weighted by molar-refractivity contribution is 5.75. The monoisotopic (exact) mass is 343 g/mol. The maximum absolute atomic E-state index is 11.8. The van der Waals surface area contributed by atoms with Crippen LogP contribution in [0.25, 0.3) is 0 Å². The van der Waals surface area contributed by atoms with Gasteiger partial charge in [0.15, 0.2) is 0 Å². The second-order valence-electron chi connectivity index (χ2n) is 7.34. The van der Waals surface area contributed by atoms with E-state index in [2.05, 4.69) is 5.32 Å². The summed E-state index contributed by atoms with van der Waals surface area (Å²) in [5, 5.41) is 11.6. The van der Waals surface area contributed by atoms with Gasteiger partial charge >= 0.3 is 18.0 Å². The minimum atomic E-state index is -0.903. The molecule has 0 aromatic heterocycles. The van der Waals surface area contributed by atoms with Gasteiger partial charge in [0, 0.05) is 13.0 Å². The third-order valence-electron chi connectivity index (χ3n) is 4.15. The Hall–Kier alpha value is -1.79. The van der Waals surface area contributed by atoms with E-state index in [1.807, 2.05) is 0 Å². The fourth-order valence-electron chi connectivity index (χ4n) is 2.49. The maximum atomic E-state index is 11.8. The summed E-state index contributed by atoms with van der Waals surface area (Å²) in [5.41, 5.74) is -0.657. The Bertz CT molecular complexity index is 448. The molecule has 0 heterocycles. The van der Waals surface area contributed by atoms with Gasteiger partial charge in [0.25, 0.3) is 0 Å². The van der Waals surface area contributed by atoms with Crippen LogP contribution in [0.2, 0.25) is 0 Å². The van der Waals surface area contributed by atoms with Crippen molar-refractivity contribution >= 4 is 18.0 Å². The Labute approximate surface area is 143 Å². The number of aliphatic carboxylic acids is 1. The summed E-state index contributed by atoms with van der Waals surface area (Å²) in [4.78, 5) is 34.6. The number of hydrogen-bond acceptors (Lipinski definition) is 5. The number of ether oxygens (including phenoxy) is 2. The Morgan fingerprint density at radius 2 is 1.71 bits per heavy atom. The largest absolute Gasteiger partial charge is 0.481 e. The first-order chi connectivity index (χ1) is 11.1. The van der Waals surface area contributed by atoms with Gasteiger partial charge < -0.3 is 19.9 Å². The van der Waals surface area contributed by atoms with Crippen LogP contribution in [0, 0.1) is 17.3 Å². The molecule has 0 bridgehead atoms. The first-order valence-corrected chi connectivity index (χ1v) is 8.51. The second-order valence-corrected chi connectivity index (χ2v) is 7.34. The molecular formula is C17H29NO6. The van der Waals surface area contributed by atoms with Crippen LogP contribution in [-0.2, 0) is 19.1 Å². The van der Waals surface area contributed by atoms with Gasteiger partial charge in [-0.25, -0.2) is 4.79 Å². The highest BCUT2D eigenvalue weighted by Crippen LogP contribution is 2.28. The predicted molar refractivity (Wildman–Crippen MR) is 87.2 cm³/mol. The molecule has 0 aromatic carbocycles. The Morgan fingerprint density at radius 1 is 1.12 bits per heavy atom. The number of carbonyl (C=O) groups excluding carboxylic acids is 2. The van der Waals surface area contributed by atoms with Crippen molar-refractivity contribution in [1.29, 1.82) is 0 Å². The van der Waals surface area contributed by atoms with Crippen molar-refractivity contribution < 1.29 is 29.0 Å². The van der Waals surface area contributed by atoms with Crippen molar-refractivity contribution in [2.24, 2.45) is 17.3 Å². The fraction of sp³-hybridized carbons (Fsp3) is 0.824. The Balaban J connectivity index is 2.32. The summed E-state index contributed by atoms with van der Waals surface area (Å²) in [5.74, 6) is -1.18. The van der Waals surface area contributed by atoms with E-state index in [1.165, 1.54) is 0 Å². The van der Waals surface area contributed by atoms with Crippen LogP contribution < -0.4 is 5.32 Å². The molecule has 1 fully saturated rings. The molecule has 0 spiro atoms. The second kappa shape index (κ2) is 8.89. The highest BCUT2D eigenvalue weighted by Gasteiger charge is 2.28. The minimum absolute atomic E-state index is 0.255. The van der Waals surface area contributed by atoms with E-state index < -0.39 is 29.7 Å². The summed E-state index contributed by atoms with van der Waals surface area (Å²) < 4.78 is 10.3. The van der Waals surface area contributed by atoms with Gasteiger partial charge in [0.05, 0.1) is 11.3 Å². The molecule has 1 amide bonds. The van der Waals surface area contributed by atoms with Gasteiger partial charge in [0.2, 0.25) is 6.29 Å². The fourth-order valence-corrected chi connectivity index (χ4v) is 2.49. The third-order valence-corrected chi connectivity index (χ3v) is 4.15. The molecule has 1 unspecified atom stereocenters. The lowest BCUT2D eigenvalue weighted by Crippen LogP contribution is -2.37. The molecule has 24 heavy (non-hydrogen) atoms. The van der Waals surface area contributed by atoms with Gasteiger partial charge in [-0.1, -0.05) is 6.92 Å². The zero-order valence-corrected chi connectivity index (χ0v) is 15.0. The van der Waals surface area contributed by atoms with Crippen LogP contribution in [-0.4, -0.2) is 36.0 Å².